The lowest BCUT2D eigenvalue weighted by Gasteiger charge is -2.11. The molecule has 0 saturated carbocycles. The molecule has 0 aliphatic carbocycles. The fourth-order valence-electron chi connectivity index (χ4n) is 0.958. The van der Waals surface area contributed by atoms with Crippen molar-refractivity contribution in [3.63, 3.8) is 0 Å². The minimum Gasteiger partial charge on any atom is -0.506 e. The van der Waals surface area contributed by atoms with Crippen molar-refractivity contribution in [3.05, 3.63) is 23.0 Å². The maximum atomic E-state index is 13.3. The smallest absolute Gasteiger partial charge is 0.168 e. The van der Waals surface area contributed by atoms with E-state index in [0.717, 1.165) is 0 Å². The van der Waals surface area contributed by atoms with Gasteiger partial charge >= 0.3 is 0 Å². The molecule has 0 bridgehead atoms. The van der Waals surface area contributed by atoms with Crippen molar-refractivity contribution < 1.29 is 14.6 Å². The first kappa shape index (κ1) is 12.4. The molecule has 0 aromatic heterocycles. The van der Waals surface area contributed by atoms with Gasteiger partial charge in [-0.1, -0.05) is 11.6 Å². The molecule has 0 heterocycles. The summed E-state index contributed by atoms with van der Waals surface area (Å²) in [5.41, 5.74) is 0.113. The first-order valence-electron chi connectivity index (χ1n) is 4.21. The van der Waals surface area contributed by atoms with E-state index in [-0.39, 0.29) is 28.9 Å². The second-order valence-corrected chi connectivity index (χ2v) is 3.64. The fraction of sp³-hybridized carbons (Fsp3) is 0.333. The lowest BCUT2D eigenvalue weighted by atomic mass is 10.2. The summed E-state index contributed by atoms with van der Waals surface area (Å²) < 4.78 is 13.3. The van der Waals surface area contributed by atoms with Gasteiger partial charge in [-0.15, -0.1) is 11.6 Å². The van der Waals surface area contributed by atoms with Gasteiger partial charge in [0.05, 0.1) is 17.7 Å². The van der Waals surface area contributed by atoms with Crippen molar-refractivity contribution in [2.24, 2.45) is 0 Å². The second-order valence-electron chi connectivity index (χ2n) is 2.95. The molecule has 0 amide bonds. The highest BCUT2D eigenvalue weighted by atomic mass is 35.5. The van der Waals surface area contributed by atoms with Crippen LogP contribution in [0, 0.1) is 5.82 Å². The Hall–Kier alpha value is -0.710. The number of nitrogens with one attached hydrogen (secondary N) is 1. The Morgan fingerprint density at radius 3 is 2.73 bits per heavy atom. The van der Waals surface area contributed by atoms with E-state index in [4.69, 9.17) is 33.4 Å². The largest absolute Gasteiger partial charge is 0.506 e. The van der Waals surface area contributed by atoms with Crippen LogP contribution in [0.5, 0.6) is 5.75 Å². The number of benzene rings is 1. The van der Waals surface area contributed by atoms with E-state index in [1.807, 2.05) is 0 Å². The van der Waals surface area contributed by atoms with Crippen LogP contribution in [-0.4, -0.2) is 28.7 Å². The fourth-order valence-corrected chi connectivity index (χ4v) is 1.23. The third-order valence-electron chi connectivity index (χ3n) is 1.77. The number of aliphatic hydroxyl groups excluding tert-OH is 1. The van der Waals surface area contributed by atoms with Gasteiger partial charge in [0.15, 0.2) is 5.82 Å². The quantitative estimate of drug-likeness (QED) is 0.570. The molecular weight excluding hydrogens is 244 g/mol. The van der Waals surface area contributed by atoms with Crippen LogP contribution < -0.4 is 5.32 Å². The molecule has 1 atom stereocenters. The summed E-state index contributed by atoms with van der Waals surface area (Å²) >= 11 is 10.8. The first-order valence-corrected chi connectivity index (χ1v) is 5.12. The summed E-state index contributed by atoms with van der Waals surface area (Å²) in [4.78, 5) is 0. The number of rotatable bonds is 4. The van der Waals surface area contributed by atoms with Crippen LogP contribution in [-0.2, 0) is 0 Å². The van der Waals surface area contributed by atoms with Crippen LogP contribution in [0.25, 0.3) is 0 Å². The molecule has 6 heteroatoms. The van der Waals surface area contributed by atoms with Crippen LogP contribution in [0.4, 0.5) is 10.1 Å². The molecule has 3 nitrogen and oxygen atoms in total. The Morgan fingerprint density at radius 2 is 2.13 bits per heavy atom. The summed E-state index contributed by atoms with van der Waals surface area (Å²) in [6.45, 7) is 0.113. The van der Waals surface area contributed by atoms with E-state index >= 15 is 0 Å². The minimum atomic E-state index is -0.765. The summed E-state index contributed by atoms with van der Waals surface area (Å²) in [6.07, 6.45) is -0.765. The molecule has 3 N–H and O–H groups in total. The number of phenolic OH excluding ortho intramolecular Hbond substituents is 1. The monoisotopic (exact) mass is 253 g/mol. The van der Waals surface area contributed by atoms with Gasteiger partial charge in [0.1, 0.15) is 10.8 Å². The van der Waals surface area contributed by atoms with Crippen molar-refractivity contribution in [2.75, 3.05) is 17.7 Å². The average Bonchev–Trinajstić information content (AvgIpc) is 2.24. The second kappa shape index (κ2) is 5.39. The molecule has 0 spiro atoms. The van der Waals surface area contributed by atoms with Gasteiger partial charge in [-0.3, -0.25) is 0 Å². The number of halogens is 3. The molecule has 0 aliphatic heterocycles. The van der Waals surface area contributed by atoms with E-state index in [1.54, 1.807) is 0 Å². The molecular formula is C9H10Cl2FNO2. The number of hydrogen-bond acceptors (Lipinski definition) is 3. The van der Waals surface area contributed by atoms with E-state index in [0.29, 0.717) is 0 Å². The maximum Gasteiger partial charge on any atom is 0.168 e. The number of aliphatic hydroxyl groups is 1. The van der Waals surface area contributed by atoms with Gasteiger partial charge < -0.3 is 15.5 Å². The topological polar surface area (TPSA) is 52.5 Å². The number of alkyl halides is 1. The van der Waals surface area contributed by atoms with Gasteiger partial charge in [-0.25, -0.2) is 4.39 Å². The van der Waals surface area contributed by atoms with Crippen molar-refractivity contribution in [1.29, 1.82) is 0 Å². The van der Waals surface area contributed by atoms with Crippen molar-refractivity contribution in [3.8, 4) is 5.75 Å². The predicted octanol–water partition coefficient (Wildman–Crippen LogP) is 2.20. The summed E-state index contributed by atoms with van der Waals surface area (Å²) in [5.74, 6) is -1.02. The highest BCUT2D eigenvalue weighted by molar-refractivity contribution is 6.32. The summed E-state index contributed by atoms with van der Waals surface area (Å²) in [7, 11) is 0. The summed E-state index contributed by atoms with van der Waals surface area (Å²) in [5, 5.41) is 20.5. The van der Waals surface area contributed by atoms with Crippen molar-refractivity contribution >= 4 is 28.9 Å². The molecule has 1 rings (SSSR count). The van der Waals surface area contributed by atoms with E-state index in [9.17, 15) is 4.39 Å². The first-order chi connectivity index (χ1) is 7.06. The Kier molecular flexibility index (Phi) is 4.45. The number of anilines is 1. The third-order valence-corrected chi connectivity index (χ3v) is 2.48. The van der Waals surface area contributed by atoms with Gasteiger partial charge in [0.2, 0.25) is 0 Å². The number of hydrogen-bond donors (Lipinski definition) is 3. The number of aromatic hydroxyl groups is 1. The Labute approximate surface area is 96.4 Å². The molecule has 1 aromatic rings. The Balaban J connectivity index is 2.74. The molecule has 15 heavy (non-hydrogen) atoms. The minimum absolute atomic E-state index is 0.0560. The van der Waals surface area contributed by atoms with Crippen LogP contribution in [0.3, 0.4) is 0 Å². The van der Waals surface area contributed by atoms with Gasteiger partial charge in [0, 0.05) is 6.54 Å². The SMILES string of the molecule is Oc1ccc(NCC(O)CCl)c(F)c1Cl. The maximum absolute atomic E-state index is 13.3. The van der Waals surface area contributed by atoms with Crippen LogP contribution in [0.2, 0.25) is 5.02 Å². The van der Waals surface area contributed by atoms with Gasteiger partial charge in [0.25, 0.3) is 0 Å². The highest BCUT2D eigenvalue weighted by Gasteiger charge is 2.11. The standard InChI is InChI=1S/C9H10Cl2FNO2/c10-3-5(14)4-13-6-1-2-7(15)8(11)9(6)12/h1-2,5,13-15H,3-4H2. The van der Waals surface area contributed by atoms with Gasteiger partial charge in [-0.05, 0) is 12.1 Å². The van der Waals surface area contributed by atoms with E-state index in [1.165, 1.54) is 12.1 Å². The van der Waals surface area contributed by atoms with Gasteiger partial charge in [-0.2, -0.15) is 0 Å². The Bertz CT molecular complexity index is 349. The van der Waals surface area contributed by atoms with E-state index < -0.39 is 11.9 Å². The molecule has 0 saturated heterocycles. The van der Waals surface area contributed by atoms with Crippen molar-refractivity contribution in [2.45, 2.75) is 6.10 Å². The molecule has 0 aliphatic rings. The van der Waals surface area contributed by atoms with Crippen LogP contribution in [0.15, 0.2) is 12.1 Å². The Morgan fingerprint density at radius 1 is 1.47 bits per heavy atom. The molecule has 1 unspecified atom stereocenters. The molecule has 1 aromatic carbocycles. The van der Waals surface area contributed by atoms with Crippen LogP contribution >= 0.6 is 23.2 Å². The zero-order valence-corrected chi connectivity index (χ0v) is 9.19. The number of phenols is 1. The zero-order valence-electron chi connectivity index (χ0n) is 7.67. The van der Waals surface area contributed by atoms with Crippen molar-refractivity contribution in [1.82, 2.24) is 0 Å². The van der Waals surface area contributed by atoms with E-state index in [2.05, 4.69) is 5.32 Å². The third kappa shape index (κ3) is 3.12. The lowest BCUT2D eigenvalue weighted by molar-refractivity contribution is 0.211. The highest BCUT2D eigenvalue weighted by Crippen LogP contribution is 2.30. The molecule has 0 radical (unpaired) electrons. The average molecular weight is 254 g/mol. The van der Waals surface area contributed by atoms with Crippen LogP contribution in [0.1, 0.15) is 0 Å². The predicted molar refractivity (Wildman–Crippen MR) is 58.3 cm³/mol. The molecule has 0 fully saturated rings. The summed E-state index contributed by atoms with van der Waals surface area (Å²) in [6, 6.07) is 2.60. The lowest BCUT2D eigenvalue weighted by Crippen LogP contribution is -2.21. The zero-order chi connectivity index (χ0) is 11.4. The normalized spacial score (nSPS) is 12.5. The molecule has 84 valence electrons.